The molecule has 0 aliphatic carbocycles. The van der Waals surface area contributed by atoms with Crippen LogP contribution in [-0.4, -0.2) is 38.0 Å². The number of guanidine groups is 1. The van der Waals surface area contributed by atoms with Gasteiger partial charge in [0.2, 0.25) is 16.0 Å². The van der Waals surface area contributed by atoms with Gasteiger partial charge in [-0.3, -0.25) is 4.99 Å². The average molecular weight is 235 g/mol. The lowest BCUT2D eigenvalue weighted by atomic mass is 10.1. The lowest BCUT2D eigenvalue weighted by Gasteiger charge is -2.23. The summed E-state index contributed by atoms with van der Waals surface area (Å²) in [6.07, 6.45) is 0.615. The van der Waals surface area contributed by atoms with E-state index in [-0.39, 0.29) is 5.96 Å². The van der Waals surface area contributed by atoms with Crippen LogP contribution >= 0.6 is 0 Å². The lowest BCUT2D eigenvalue weighted by molar-refractivity contribution is 0.505. The zero-order chi connectivity index (χ0) is 12.2. The maximum Gasteiger partial charge on any atom is 0.239 e. The van der Waals surface area contributed by atoms with Gasteiger partial charge in [0.1, 0.15) is 0 Å². The first kappa shape index (κ1) is 14.2. The molecule has 0 amide bonds. The van der Waals surface area contributed by atoms with E-state index in [1.807, 2.05) is 13.8 Å². The Labute approximate surface area is 92.4 Å². The van der Waals surface area contributed by atoms with Gasteiger partial charge in [0, 0.05) is 14.1 Å². The van der Waals surface area contributed by atoms with Gasteiger partial charge in [-0.05, 0) is 19.3 Å². The second-order valence-electron chi connectivity index (χ2n) is 4.03. The number of aliphatic imine (C=N–C) groups is 1. The number of nitrogens with zero attached hydrogens (tertiary/aromatic N) is 2. The fraction of sp³-hybridized carbons (Fsp3) is 0.889. The molecule has 2 N–H and O–H groups in total. The van der Waals surface area contributed by atoms with Crippen LogP contribution in [0.4, 0.5) is 0 Å². The van der Waals surface area contributed by atoms with Crippen molar-refractivity contribution in [3.05, 3.63) is 0 Å². The van der Waals surface area contributed by atoms with Gasteiger partial charge in [0.15, 0.2) is 0 Å². The van der Waals surface area contributed by atoms with Gasteiger partial charge in [0.25, 0.3) is 0 Å². The first-order valence-electron chi connectivity index (χ1n) is 4.93. The van der Waals surface area contributed by atoms with E-state index in [0.717, 1.165) is 4.31 Å². The summed E-state index contributed by atoms with van der Waals surface area (Å²) in [5.74, 6) is 0.355. The fourth-order valence-corrected chi connectivity index (χ4v) is 2.84. The van der Waals surface area contributed by atoms with Gasteiger partial charge in [-0.2, -0.15) is 0 Å². The molecule has 0 aromatic carbocycles. The molecule has 1 atom stereocenters. The van der Waals surface area contributed by atoms with Crippen molar-refractivity contribution in [2.75, 3.05) is 14.1 Å². The van der Waals surface area contributed by atoms with Gasteiger partial charge >= 0.3 is 0 Å². The highest BCUT2D eigenvalue weighted by molar-refractivity contribution is 7.90. The van der Waals surface area contributed by atoms with Gasteiger partial charge in [-0.25, -0.2) is 12.7 Å². The number of nitrogens with two attached hydrogens (primary N) is 1. The predicted molar refractivity (Wildman–Crippen MR) is 63.1 cm³/mol. The molecule has 90 valence electrons. The van der Waals surface area contributed by atoms with Crippen molar-refractivity contribution in [2.24, 2.45) is 16.6 Å². The zero-order valence-electron chi connectivity index (χ0n) is 10.1. The Morgan fingerprint density at radius 3 is 2.20 bits per heavy atom. The first-order valence-corrected chi connectivity index (χ1v) is 6.43. The van der Waals surface area contributed by atoms with Crippen molar-refractivity contribution in [3.8, 4) is 0 Å². The Bertz CT molecular complexity index is 322. The summed E-state index contributed by atoms with van der Waals surface area (Å²) < 4.78 is 24.9. The molecule has 0 aliphatic rings. The number of hydrogen-bond acceptors (Lipinski definition) is 3. The minimum absolute atomic E-state index is 0.0191. The minimum Gasteiger partial charge on any atom is -0.369 e. The normalized spacial score (nSPS) is 15.5. The molecular formula is C9H21N3O2S. The van der Waals surface area contributed by atoms with Crippen molar-refractivity contribution in [1.29, 1.82) is 0 Å². The summed E-state index contributed by atoms with van der Waals surface area (Å²) in [7, 11) is -0.476. The van der Waals surface area contributed by atoms with E-state index in [9.17, 15) is 8.42 Å². The molecule has 6 heteroatoms. The summed E-state index contributed by atoms with van der Waals surface area (Å²) >= 11 is 0. The second kappa shape index (κ2) is 5.34. The van der Waals surface area contributed by atoms with Crippen molar-refractivity contribution >= 4 is 16.0 Å². The Morgan fingerprint density at radius 1 is 1.40 bits per heavy atom. The van der Waals surface area contributed by atoms with E-state index in [1.165, 1.54) is 14.1 Å². The minimum atomic E-state index is -3.37. The third-order valence-electron chi connectivity index (χ3n) is 2.25. The predicted octanol–water partition coefficient (Wildman–Crippen LogP) is 0.627. The van der Waals surface area contributed by atoms with E-state index in [2.05, 4.69) is 4.99 Å². The monoisotopic (exact) mass is 235 g/mol. The maximum absolute atomic E-state index is 11.9. The third kappa shape index (κ3) is 3.70. The van der Waals surface area contributed by atoms with Crippen LogP contribution in [0, 0.1) is 5.92 Å². The van der Waals surface area contributed by atoms with Gasteiger partial charge in [0.05, 0.1) is 5.25 Å². The number of sulfonamides is 1. The topological polar surface area (TPSA) is 75.8 Å². The Kier molecular flexibility index (Phi) is 5.07. The summed E-state index contributed by atoms with van der Waals surface area (Å²) in [6.45, 7) is 5.67. The quantitative estimate of drug-likeness (QED) is 0.573. The smallest absolute Gasteiger partial charge is 0.239 e. The first-order chi connectivity index (χ1) is 6.73. The molecule has 5 nitrogen and oxygen atoms in total. The van der Waals surface area contributed by atoms with E-state index in [0.29, 0.717) is 12.3 Å². The molecule has 0 aromatic heterocycles. The lowest BCUT2D eigenvalue weighted by Crippen LogP contribution is -2.43. The molecule has 0 aliphatic heterocycles. The van der Waals surface area contributed by atoms with E-state index >= 15 is 0 Å². The molecule has 0 heterocycles. The number of rotatable bonds is 4. The van der Waals surface area contributed by atoms with Gasteiger partial charge in [-0.15, -0.1) is 0 Å². The van der Waals surface area contributed by atoms with E-state index in [1.54, 1.807) is 6.92 Å². The Morgan fingerprint density at radius 2 is 1.87 bits per heavy atom. The molecule has 0 radical (unpaired) electrons. The SMILES string of the molecule is CN=C(N)N(C)S(=O)(=O)C(C)CC(C)C. The highest BCUT2D eigenvalue weighted by atomic mass is 32.2. The van der Waals surface area contributed by atoms with Crippen LogP contribution in [0.2, 0.25) is 0 Å². The second-order valence-corrected chi connectivity index (χ2v) is 6.42. The molecule has 0 saturated heterocycles. The van der Waals surface area contributed by atoms with Gasteiger partial charge in [-0.1, -0.05) is 13.8 Å². The van der Waals surface area contributed by atoms with Crippen LogP contribution in [-0.2, 0) is 10.0 Å². The van der Waals surface area contributed by atoms with Crippen LogP contribution < -0.4 is 5.73 Å². The summed E-state index contributed by atoms with van der Waals surface area (Å²) in [6, 6.07) is 0. The van der Waals surface area contributed by atoms with Crippen molar-refractivity contribution in [1.82, 2.24) is 4.31 Å². The molecular weight excluding hydrogens is 214 g/mol. The fourth-order valence-electron chi connectivity index (χ4n) is 1.33. The van der Waals surface area contributed by atoms with Gasteiger partial charge < -0.3 is 5.73 Å². The summed E-state index contributed by atoms with van der Waals surface area (Å²) in [4.78, 5) is 3.66. The van der Waals surface area contributed by atoms with Crippen molar-refractivity contribution < 1.29 is 8.42 Å². The third-order valence-corrected chi connectivity index (χ3v) is 4.41. The summed E-state index contributed by atoms with van der Waals surface area (Å²) in [5, 5.41) is -0.442. The highest BCUT2D eigenvalue weighted by Gasteiger charge is 2.27. The van der Waals surface area contributed by atoms with E-state index in [4.69, 9.17) is 5.73 Å². The van der Waals surface area contributed by atoms with Crippen LogP contribution in [0.15, 0.2) is 4.99 Å². The molecule has 15 heavy (non-hydrogen) atoms. The van der Waals surface area contributed by atoms with Crippen LogP contribution in [0.5, 0.6) is 0 Å². The molecule has 1 unspecified atom stereocenters. The number of hydrogen-bond donors (Lipinski definition) is 1. The van der Waals surface area contributed by atoms with Crippen molar-refractivity contribution in [3.63, 3.8) is 0 Å². The van der Waals surface area contributed by atoms with Crippen molar-refractivity contribution in [2.45, 2.75) is 32.4 Å². The Hall–Kier alpha value is -0.780. The van der Waals surface area contributed by atoms with Crippen LogP contribution in [0.1, 0.15) is 27.2 Å². The Balaban J connectivity index is 4.83. The molecule has 0 saturated carbocycles. The molecule has 0 spiro atoms. The van der Waals surface area contributed by atoms with Crippen LogP contribution in [0.25, 0.3) is 0 Å². The van der Waals surface area contributed by atoms with E-state index < -0.39 is 15.3 Å². The molecule has 0 aromatic rings. The maximum atomic E-state index is 11.9. The average Bonchev–Trinajstić information content (AvgIpc) is 2.14. The zero-order valence-corrected chi connectivity index (χ0v) is 10.9. The molecule has 0 rings (SSSR count). The summed E-state index contributed by atoms with van der Waals surface area (Å²) in [5.41, 5.74) is 5.47. The highest BCUT2D eigenvalue weighted by Crippen LogP contribution is 2.15. The van der Waals surface area contributed by atoms with Crippen LogP contribution in [0.3, 0.4) is 0 Å². The largest absolute Gasteiger partial charge is 0.369 e. The standard InChI is InChI=1S/C9H21N3O2S/c1-7(2)6-8(3)15(13,14)12(5)9(10)11-4/h7-8H,6H2,1-5H3,(H2,10,11). The molecule has 0 fully saturated rings. The molecule has 0 bridgehead atoms.